The number of carbonyl (C=O) groups is 1. The summed E-state index contributed by atoms with van der Waals surface area (Å²) in [5.74, 6) is 1.16. The zero-order valence-corrected chi connectivity index (χ0v) is 15.3. The summed E-state index contributed by atoms with van der Waals surface area (Å²) >= 11 is 0. The van der Waals surface area contributed by atoms with E-state index in [-0.39, 0.29) is 5.91 Å². The van der Waals surface area contributed by atoms with E-state index in [4.69, 9.17) is 5.73 Å². The van der Waals surface area contributed by atoms with Crippen LogP contribution in [-0.4, -0.2) is 42.5 Å². The highest BCUT2D eigenvalue weighted by molar-refractivity contribution is 6.07. The highest BCUT2D eigenvalue weighted by atomic mass is 16.2. The van der Waals surface area contributed by atoms with Gasteiger partial charge in [0, 0.05) is 30.1 Å². The maximum Gasteiger partial charge on any atom is 0.222 e. The summed E-state index contributed by atoms with van der Waals surface area (Å²) in [7, 11) is 0. The average molecular weight is 363 g/mol. The predicted octanol–water partition coefficient (Wildman–Crippen LogP) is 2.84. The number of carbonyl (C=O) groups excluding carboxylic acids is 1. The van der Waals surface area contributed by atoms with Gasteiger partial charge in [-0.3, -0.25) is 9.89 Å². The molecule has 1 amide bonds. The minimum atomic E-state index is 0.0950. The Morgan fingerprint density at radius 1 is 1.22 bits per heavy atom. The van der Waals surface area contributed by atoms with Gasteiger partial charge in [0.2, 0.25) is 5.91 Å². The monoisotopic (exact) mass is 363 g/mol. The SMILES string of the molecule is CCC(=O)N(CC)Cc1nc2c(N)nc3cc(-c4cc[nH]n4)ccc3c2[nH]1. The van der Waals surface area contributed by atoms with Crippen LogP contribution < -0.4 is 5.73 Å². The van der Waals surface area contributed by atoms with Crippen molar-refractivity contribution < 1.29 is 4.79 Å². The Labute approximate surface area is 155 Å². The van der Waals surface area contributed by atoms with Gasteiger partial charge in [-0.25, -0.2) is 9.97 Å². The lowest BCUT2D eigenvalue weighted by atomic mass is 10.1. The van der Waals surface area contributed by atoms with Gasteiger partial charge in [0.05, 0.1) is 23.3 Å². The van der Waals surface area contributed by atoms with E-state index in [1.807, 2.05) is 38.1 Å². The van der Waals surface area contributed by atoms with Gasteiger partial charge in [0.15, 0.2) is 5.82 Å². The minimum absolute atomic E-state index is 0.0950. The zero-order chi connectivity index (χ0) is 19.0. The van der Waals surface area contributed by atoms with Crippen LogP contribution >= 0.6 is 0 Å². The lowest BCUT2D eigenvalue weighted by Gasteiger charge is -2.18. The fourth-order valence-electron chi connectivity index (χ4n) is 3.26. The predicted molar refractivity (Wildman–Crippen MR) is 105 cm³/mol. The molecule has 8 heteroatoms. The number of nitrogens with one attached hydrogen (secondary N) is 2. The van der Waals surface area contributed by atoms with Gasteiger partial charge < -0.3 is 15.6 Å². The number of anilines is 1. The van der Waals surface area contributed by atoms with Gasteiger partial charge in [-0.15, -0.1) is 0 Å². The Hall–Kier alpha value is -3.42. The molecule has 8 nitrogen and oxygen atoms in total. The molecular weight excluding hydrogens is 342 g/mol. The maximum atomic E-state index is 12.0. The van der Waals surface area contributed by atoms with E-state index in [0.717, 1.165) is 27.7 Å². The van der Waals surface area contributed by atoms with E-state index < -0.39 is 0 Å². The van der Waals surface area contributed by atoms with Crippen molar-refractivity contribution in [3.8, 4) is 11.3 Å². The Morgan fingerprint density at radius 2 is 2.07 bits per heavy atom. The first kappa shape index (κ1) is 17.0. The standard InChI is InChI=1S/C19H21N7O/c1-3-16(27)26(4-2)10-15-23-17-12-6-5-11(13-7-8-21-25-13)9-14(12)22-19(20)18(17)24-15/h5-9H,3-4,10H2,1-2H3,(H2,20,22)(H,21,25)(H,23,24). The molecule has 0 saturated heterocycles. The van der Waals surface area contributed by atoms with Crippen LogP contribution in [0.25, 0.3) is 33.2 Å². The number of hydrogen-bond acceptors (Lipinski definition) is 5. The number of hydrogen-bond donors (Lipinski definition) is 3. The number of nitrogens with two attached hydrogens (primary N) is 1. The molecule has 0 fully saturated rings. The van der Waals surface area contributed by atoms with Crippen molar-refractivity contribution in [2.75, 3.05) is 12.3 Å². The zero-order valence-electron chi connectivity index (χ0n) is 15.3. The summed E-state index contributed by atoms with van der Waals surface area (Å²) < 4.78 is 0. The molecule has 138 valence electrons. The van der Waals surface area contributed by atoms with Crippen LogP contribution in [0.3, 0.4) is 0 Å². The van der Waals surface area contributed by atoms with Gasteiger partial charge in [0.25, 0.3) is 0 Å². The number of aromatic nitrogens is 5. The lowest BCUT2D eigenvalue weighted by molar-refractivity contribution is -0.131. The van der Waals surface area contributed by atoms with E-state index in [2.05, 4.69) is 25.1 Å². The molecule has 4 N–H and O–H groups in total. The van der Waals surface area contributed by atoms with Gasteiger partial charge in [-0.05, 0) is 25.1 Å². The van der Waals surface area contributed by atoms with Crippen molar-refractivity contribution >= 4 is 33.7 Å². The Kier molecular flexibility index (Phi) is 4.23. The van der Waals surface area contributed by atoms with Gasteiger partial charge in [-0.2, -0.15) is 5.10 Å². The van der Waals surface area contributed by atoms with Crippen LogP contribution in [0.15, 0.2) is 30.5 Å². The lowest BCUT2D eigenvalue weighted by Crippen LogP contribution is -2.29. The van der Waals surface area contributed by atoms with Gasteiger partial charge in [0.1, 0.15) is 11.3 Å². The molecule has 3 heterocycles. The molecule has 4 aromatic rings. The van der Waals surface area contributed by atoms with Crippen LogP contribution in [0.1, 0.15) is 26.1 Å². The Balaban J connectivity index is 1.79. The van der Waals surface area contributed by atoms with Gasteiger partial charge in [-0.1, -0.05) is 13.0 Å². The quantitative estimate of drug-likeness (QED) is 0.504. The Bertz CT molecular complexity index is 1110. The fourth-order valence-corrected chi connectivity index (χ4v) is 3.26. The second kappa shape index (κ2) is 6.71. The molecule has 0 unspecified atom stereocenters. The topological polar surface area (TPSA) is 117 Å². The summed E-state index contributed by atoms with van der Waals surface area (Å²) in [6.45, 7) is 4.86. The number of amides is 1. The molecule has 3 aromatic heterocycles. The van der Waals surface area contributed by atoms with Crippen molar-refractivity contribution in [1.29, 1.82) is 0 Å². The van der Waals surface area contributed by atoms with Crippen LogP contribution in [0.2, 0.25) is 0 Å². The summed E-state index contributed by atoms with van der Waals surface area (Å²) in [6, 6.07) is 7.85. The van der Waals surface area contributed by atoms with Crippen molar-refractivity contribution in [2.24, 2.45) is 0 Å². The molecule has 0 spiro atoms. The third-order valence-corrected chi connectivity index (χ3v) is 4.68. The summed E-state index contributed by atoms with van der Waals surface area (Å²) in [6.07, 6.45) is 2.25. The molecule has 0 radical (unpaired) electrons. The number of pyridine rings is 1. The molecule has 0 bridgehead atoms. The van der Waals surface area contributed by atoms with Crippen LogP contribution in [0.5, 0.6) is 0 Å². The Morgan fingerprint density at radius 3 is 2.78 bits per heavy atom. The normalized spacial score (nSPS) is 11.3. The average Bonchev–Trinajstić information content (AvgIpc) is 3.35. The summed E-state index contributed by atoms with van der Waals surface area (Å²) in [4.78, 5) is 26.2. The number of aromatic amines is 2. The van der Waals surface area contributed by atoms with Crippen molar-refractivity contribution in [3.63, 3.8) is 0 Å². The number of benzene rings is 1. The molecule has 0 aliphatic rings. The highest BCUT2D eigenvalue weighted by Gasteiger charge is 2.16. The molecule has 4 rings (SSSR count). The van der Waals surface area contributed by atoms with Crippen molar-refractivity contribution in [2.45, 2.75) is 26.8 Å². The highest BCUT2D eigenvalue weighted by Crippen LogP contribution is 2.29. The van der Waals surface area contributed by atoms with Crippen LogP contribution in [0, 0.1) is 0 Å². The second-order valence-electron chi connectivity index (χ2n) is 6.36. The number of nitrogen functional groups attached to an aromatic ring is 1. The number of fused-ring (bicyclic) bond motifs is 3. The first-order chi connectivity index (χ1) is 13.1. The molecule has 0 atom stereocenters. The maximum absolute atomic E-state index is 12.0. The van der Waals surface area contributed by atoms with E-state index in [1.165, 1.54) is 0 Å². The van der Waals surface area contributed by atoms with Crippen molar-refractivity contribution in [1.82, 2.24) is 30.0 Å². The van der Waals surface area contributed by atoms with Crippen molar-refractivity contribution in [3.05, 3.63) is 36.3 Å². The molecule has 1 aromatic carbocycles. The molecule has 0 aliphatic heterocycles. The second-order valence-corrected chi connectivity index (χ2v) is 6.36. The number of nitrogens with zero attached hydrogens (tertiary/aromatic N) is 4. The third kappa shape index (κ3) is 2.99. The molecular formula is C19H21N7O. The van der Waals surface area contributed by atoms with Gasteiger partial charge >= 0.3 is 0 Å². The smallest absolute Gasteiger partial charge is 0.222 e. The third-order valence-electron chi connectivity index (χ3n) is 4.68. The largest absolute Gasteiger partial charge is 0.382 e. The van der Waals surface area contributed by atoms with E-state index in [9.17, 15) is 4.79 Å². The first-order valence-corrected chi connectivity index (χ1v) is 8.96. The summed E-state index contributed by atoms with van der Waals surface area (Å²) in [5.41, 5.74) is 10.2. The van der Waals surface area contributed by atoms with Crippen LogP contribution in [-0.2, 0) is 11.3 Å². The van der Waals surface area contributed by atoms with E-state index in [1.54, 1.807) is 11.1 Å². The van der Waals surface area contributed by atoms with E-state index in [0.29, 0.717) is 36.7 Å². The summed E-state index contributed by atoms with van der Waals surface area (Å²) in [5, 5.41) is 7.95. The van der Waals surface area contributed by atoms with Crippen LogP contribution in [0.4, 0.5) is 5.82 Å². The number of rotatable bonds is 5. The molecule has 0 saturated carbocycles. The molecule has 27 heavy (non-hydrogen) atoms. The number of imidazole rings is 1. The number of H-pyrrole nitrogens is 2. The van der Waals surface area contributed by atoms with E-state index >= 15 is 0 Å². The molecule has 0 aliphatic carbocycles. The first-order valence-electron chi connectivity index (χ1n) is 8.96. The fraction of sp³-hybridized carbons (Fsp3) is 0.263. The minimum Gasteiger partial charge on any atom is -0.382 e.